The van der Waals surface area contributed by atoms with Crippen LogP contribution in [-0.2, 0) is 9.53 Å². The maximum Gasteiger partial charge on any atom is 0.338 e. The van der Waals surface area contributed by atoms with Crippen molar-refractivity contribution in [1.29, 1.82) is 0 Å². The van der Waals surface area contributed by atoms with Crippen molar-refractivity contribution < 1.29 is 23.7 Å². The Morgan fingerprint density at radius 3 is 2.55 bits per heavy atom. The van der Waals surface area contributed by atoms with Crippen molar-refractivity contribution in [3.63, 3.8) is 0 Å². The summed E-state index contributed by atoms with van der Waals surface area (Å²) in [6.45, 7) is 2.08. The summed E-state index contributed by atoms with van der Waals surface area (Å²) < 4.78 is 24.6. The molecular weight excluding hydrogens is 596 g/mol. The number of fused-ring (bicyclic) bond motifs is 2. The zero-order valence-electron chi connectivity index (χ0n) is 21.5. The summed E-state index contributed by atoms with van der Waals surface area (Å²) in [5, 5.41) is 0. The number of nitrogens with zero attached hydrogens (tertiary/aromatic N) is 2. The average Bonchev–Trinajstić information content (AvgIpc) is 3.56. The van der Waals surface area contributed by atoms with Crippen molar-refractivity contribution in [2.75, 3.05) is 20.5 Å². The van der Waals surface area contributed by atoms with E-state index in [1.807, 2.05) is 54.6 Å². The van der Waals surface area contributed by atoms with Gasteiger partial charge in [0.1, 0.15) is 5.75 Å². The summed E-state index contributed by atoms with van der Waals surface area (Å²) in [7, 11) is 1.59. The highest BCUT2D eigenvalue weighted by molar-refractivity contribution is 9.10. The number of carbonyl (C=O) groups excluding carboxylic acids is 1. The van der Waals surface area contributed by atoms with E-state index in [0.717, 1.165) is 21.2 Å². The Morgan fingerprint density at radius 1 is 1.12 bits per heavy atom. The van der Waals surface area contributed by atoms with Crippen LogP contribution in [0, 0.1) is 0 Å². The molecule has 0 amide bonds. The molecule has 202 valence electrons. The van der Waals surface area contributed by atoms with Crippen LogP contribution in [0.5, 0.6) is 17.2 Å². The van der Waals surface area contributed by atoms with Crippen molar-refractivity contribution in [1.82, 2.24) is 4.57 Å². The van der Waals surface area contributed by atoms with Crippen molar-refractivity contribution in [2.45, 2.75) is 13.0 Å². The Morgan fingerprint density at radius 2 is 1.85 bits per heavy atom. The van der Waals surface area contributed by atoms with E-state index >= 15 is 0 Å². The molecule has 0 saturated carbocycles. The number of methoxy groups -OCH3 is 1. The largest absolute Gasteiger partial charge is 0.497 e. The number of ether oxygens (including phenoxy) is 4. The molecule has 0 N–H and O–H groups in total. The average molecular weight is 619 g/mol. The predicted octanol–water partition coefficient (Wildman–Crippen LogP) is 4.44. The molecule has 0 fully saturated rings. The lowest BCUT2D eigenvalue weighted by molar-refractivity contribution is -0.138. The summed E-state index contributed by atoms with van der Waals surface area (Å²) in [4.78, 5) is 32.9. The van der Waals surface area contributed by atoms with Crippen LogP contribution in [-0.4, -0.2) is 31.0 Å². The van der Waals surface area contributed by atoms with Crippen LogP contribution >= 0.6 is 27.3 Å². The van der Waals surface area contributed by atoms with Gasteiger partial charge in [0.15, 0.2) is 16.3 Å². The second kappa shape index (κ2) is 10.8. The second-order valence-corrected chi connectivity index (χ2v) is 10.8. The molecule has 0 unspecified atom stereocenters. The maximum atomic E-state index is 14.1. The number of benzene rings is 3. The highest BCUT2D eigenvalue weighted by atomic mass is 79.9. The topological polar surface area (TPSA) is 88.4 Å². The number of thiazole rings is 1. The molecule has 2 aliphatic heterocycles. The molecule has 8 nitrogen and oxygen atoms in total. The van der Waals surface area contributed by atoms with E-state index in [1.54, 1.807) is 36.8 Å². The normalized spacial score (nSPS) is 16.0. The van der Waals surface area contributed by atoms with Crippen LogP contribution in [0.1, 0.15) is 29.7 Å². The predicted molar refractivity (Wildman–Crippen MR) is 154 cm³/mol. The quantitative estimate of drug-likeness (QED) is 0.297. The van der Waals surface area contributed by atoms with Gasteiger partial charge in [-0.05, 0) is 48.4 Å². The number of esters is 1. The van der Waals surface area contributed by atoms with E-state index < -0.39 is 12.0 Å². The minimum absolute atomic E-state index is 0.147. The van der Waals surface area contributed by atoms with Crippen LogP contribution in [0.3, 0.4) is 0 Å². The highest BCUT2D eigenvalue weighted by Gasteiger charge is 2.35. The van der Waals surface area contributed by atoms with Gasteiger partial charge in [0, 0.05) is 10.0 Å². The van der Waals surface area contributed by atoms with E-state index in [2.05, 4.69) is 15.9 Å². The van der Waals surface area contributed by atoms with Crippen LogP contribution in [0.2, 0.25) is 0 Å². The summed E-state index contributed by atoms with van der Waals surface area (Å²) in [6, 6.07) is 19.6. The molecule has 2 aliphatic rings. The lowest BCUT2D eigenvalue weighted by Gasteiger charge is -2.26. The third-order valence-electron chi connectivity index (χ3n) is 6.58. The number of hydrogen-bond donors (Lipinski definition) is 0. The Kier molecular flexibility index (Phi) is 7.03. The Labute approximate surface area is 241 Å². The summed E-state index contributed by atoms with van der Waals surface area (Å²) >= 11 is 4.83. The van der Waals surface area contributed by atoms with Crippen LogP contribution in [0.25, 0.3) is 11.8 Å². The lowest BCUT2D eigenvalue weighted by Crippen LogP contribution is -2.40. The molecule has 10 heteroatoms. The van der Waals surface area contributed by atoms with E-state index in [4.69, 9.17) is 23.9 Å². The monoisotopic (exact) mass is 618 g/mol. The first-order valence-corrected chi connectivity index (χ1v) is 14.1. The summed E-state index contributed by atoms with van der Waals surface area (Å²) in [5.74, 6) is 1.37. The molecule has 1 atom stereocenters. The van der Waals surface area contributed by atoms with Crippen LogP contribution in [0.4, 0.5) is 0 Å². The van der Waals surface area contributed by atoms with Gasteiger partial charge >= 0.3 is 5.97 Å². The minimum atomic E-state index is -0.765. The molecule has 1 aromatic heterocycles. The smallest absolute Gasteiger partial charge is 0.338 e. The molecule has 3 aromatic carbocycles. The fourth-order valence-electron chi connectivity index (χ4n) is 4.73. The van der Waals surface area contributed by atoms with E-state index in [9.17, 15) is 9.59 Å². The van der Waals surface area contributed by atoms with Gasteiger partial charge in [0.05, 0.1) is 35.6 Å². The fraction of sp³-hybridized carbons (Fsp3) is 0.167. The SMILES string of the molecule is CCOC(=O)C1=C(c2ccccc2)N=c2s/c(=C\c3cc4c(cc3Br)OCO4)c(=O)n2[C@H]1c1ccc(OC)cc1. The molecule has 0 aliphatic carbocycles. The fourth-order valence-corrected chi connectivity index (χ4v) is 6.16. The lowest BCUT2D eigenvalue weighted by atomic mass is 9.93. The number of halogens is 1. The Balaban J connectivity index is 1.62. The van der Waals surface area contributed by atoms with Crippen molar-refractivity contribution >= 4 is 45.0 Å². The molecule has 0 radical (unpaired) electrons. The molecular formula is C30H23BrN2O6S. The van der Waals surface area contributed by atoms with Gasteiger partial charge in [-0.2, -0.15) is 0 Å². The first kappa shape index (κ1) is 26.1. The third kappa shape index (κ3) is 4.63. The van der Waals surface area contributed by atoms with Crippen molar-refractivity contribution in [3.8, 4) is 17.2 Å². The van der Waals surface area contributed by atoms with Crippen LogP contribution < -0.4 is 29.1 Å². The van der Waals surface area contributed by atoms with Gasteiger partial charge in [-0.1, -0.05) is 69.7 Å². The summed E-state index contributed by atoms with van der Waals surface area (Å²) in [5.41, 5.74) is 2.72. The number of rotatable bonds is 6. The number of hydrogen-bond acceptors (Lipinski definition) is 8. The molecule has 4 aromatic rings. The molecule has 40 heavy (non-hydrogen) atoms. The molecule has 3 heterocycles. The summed E-state index contributed by atoms with van der Waals surface area (Å²) in [6.07, 6.45) is 1.79. The molecule has 0 saturated heterocycles. The third-order valence-corrected chi connectivity index (χ3v) is 8.25. The zero-order chi connectivity index (χ0) is 27.8. The number of aromatic nitrogens is 1. The standard InChI is InChI=1S/C30H23BrN2O6S/c1-3-37-29(35)25-26(17-7-5-4-6-8-17)32-30-33(27(25)18-9-11-20(36-2)12-10-18)28(34)24(40-30)14-19-13-22-23(15-21(19)31)39-16-38-22/h4-15,27H,3,16H2,1-2H3/b24-14-/t27-/m0/s1. The first-order valence-electron chi connectivity index (χ1n) is 12.5. The van der Waals surface area contributed by atoms with Gasteiger partial charge in [-0.15, -0.1) is 0 Å². The number of carbonyl (C=O) groups is 1. The van der Waals surface area contributed by atoms with Gasteiger partial charge in [-0.25, -0.2) is 9.79 Å². The van der Waals surface area contributed by atoms with E-state index in [1.165, 1.54) is 11.3 Å². The molecule has 0 bridgehead atoms. The van der Waals surface area contributed by atoms with Gasteiger partial charge in [0.2, 0.25) is 6.79 Å². The molecule has 6 rings (SSSR count). The highest BCUT2D eigenvalue weighted by Crippen LogP contribution is 2.38. The van der Waals surface area contributed by atoms with Crippen molar-refractivity contribution in [3.05, 3.63) is 113 Å². The van der Waals surface area contributed by atoms with E-state index in [0.29, 0.717) is 37.9 Å². The zero-order valence-corrected chi connectivity index (χ0v) is 24.0. The Hall–Kier alpha value is -4.15. The van der Waals surface area contributed by atoms with Gasteiger partial charge < -0.3 is 18.9 Å². The van der Waals surface area contributed by atoms with Crippen LogP contribution in [0.15, 0.2) is 86.6 Å². The van der Waals surface area contributed by atoms with Crippen molar-refractivity contribution in [2.24, 2.45) is 4.99 Å². The maximum absolute atomic E-state index is 14.1. The first-order chi connectivity index (χ1) is 19.5. The second-order valence-electron chi connectivity index (χ2n) is 8.93. The van der Waals surface area contributed by atoms with Gasteiger partial charge in [-0.3, -0.25) is 9.36 Å². The Bertz CT molecular complexity index is 1830. The van der Waals surface area contributed by atoms with E-state index in [-0.39, 0.29) is 19.0 Å². The van der Waals surface area contributed by atoms with Gasteiger partial charge in [0.25, 0.3) is 5.56 Å². The molecule has 0 spiro atoms. The minimum Gasteiger partial charge on any atom is -0.497 e.